The van der Waals surface area contributed by atoms with Crippen LogP contribution in [-0.2, 0) is 6.54 Å². The Morgan fingerprint density at radius 1 is 1.07 bits per heavy atom. The Bertz CT molecular complexity index is 848. The average molecular weight is 364 g/mol. The molecule has 0 saturated heterocycles. The maximum absolute atomic E-state index is 12.5. The van der Waals surface area contributed by atoms with Crippen LogP contribution in [-0.4, -0.2) is 22.4 Å². The molecule has 27 heavy (non-hydrogen) atoms. The van der Waals surface area contributed by atoms with E-state index in [2.05, 4.69) is 27.5 Å². The summed E-state index contributed by atoms with van der Waals surface area (Å²) >= 11 is 0. The third kappa shape index (κ3) is 5.41. The predicted octanol–water partition coefficient (Wildman–Crippen LogP) is 4.27. The van der Waals surface area contributed by atoms with E-state index in [1.54, 1.807) is 12.3 Å². The van der Waals surface area contributed by atoms with Crippen LogP contribution in [0.25, 0.3) is 11.4 Å². The minimum atomic E-state index is -0.188. The number of hydrogen-bond acceptors (Lipinski definition) is 5. The lowest BCUT2D eigenvalue weighted by Gasteiger charge is -2.10. The minimum Gasteiger partial charge on any atom is -0.467 e. The van der Waals surface area contributed by atoms with Crippen molar-refractivity contribution in [2.75, 3.05) is 11.9 Å². The number of carbonyl (C=O) groups excluding carboxylic acids is 1. The van der Waals surface area contributed by atoms with Crippen molar-refractivity contribution in [1.29, 1.82) is 0 Å². The van der Waals surface area contributed by atoms with Gasteiger partial charge in [-0.15, -0.1) is 0 Å². The highest BCUT2D eigenvalue weighted by molar-refractivity contribution is 5.93. The van der Waals surface area contributed by atoms with Crippen molar-refractivity contribution in [2.24, 2.45) is 0 Å². The van der Waals surface area contributed by atoms with Crippen molar-refractivity contribution >= 4 is 11.7 Å². The van der Waals surface area contributed by atoms with Crippen molar-refractivity contribution in [3.63, 3.8) is 0 Å². The number of nitrogens with one attached hydrogen (secondary N) is 2. The largest absolute Gasteiger partial charge is 0.467 e. The molecule has 0 bridgehead atoms. The molecule has 3 aromatic rings. The van der Waals surface area contributed by atoms with Crippen molar-refractivity contribution in [3.8, 4) is 11.4 Å². The third-order valence-corrected chi connectivity index (χ3v) is 4.08. The van der Waals surface area contributed by atoms with Gasteiger partial charge in [0.1, 0.15) is 17.3 Å². The Kier molecular flexibility index (Phi) is 6.57. The number of unbranched alkanes of at least 4 members (excludes halogenated alkanes) is 2. The average Bonchev–Trinajstić information content (AvgIpc) is 3.24. The molecule has 0 atom stereocenters. The van der Waals surface area contributed by atoms with Gasteiger partial charge in [-0.2, -0.15) is 0 Å². The molecule has 0 fully saturated rings. The van der Waals surface area contributed by atoms with Crippen LogP contribution in [0.2, 0.25) is 0 Å². The van der Waals surface area contributed by atoms with E-state index in [-0.39, 0.29) is 5.91 Å². The quantitative estimate of drug-likeness (QED) is 0.554. The number of hydrogen-bond donors (Lipinski definition) is 2. The van der Waals surface area contributed by atoms with Crippen LogP contribution >= 0.6 is 0 Å². The Labute approximate surface area is 159 Å². The highest BCUT2D eigenvalue weighted by atomic mass is 16.3. The Hall–Kier alpha value is -3.15. The molecule has 1 aromatic carbocycles. The van der Waals surface area contributed by atoms with Crippen molar-refractivity contribution < 1.29 is 9.21 Å². The van der Waals surface area contributed by atoms with E-state index in [9.17, 15) is 4.79 Å². The zero-order chi connectivity index (χ0) is 18.9. The fraction of sp³-hybridized carbons (Fsp3) is 0.286. The van der Waals surface area contributed by atoms with E-state index in [0.29, 0.717) is 30.4 Å². The molecule has 0 spiro atoms. The Morgan fingerprint density at radius 3 is 2.67 bits per heavy atom. The molecule has 6 heteroatoms. The van der Waals surface area contributed by atoms with Gasteiger partial charge in [0.25, 0.3) is 5.91 Å². The summed E-state index contributed by atoms with van der Waals surface area (Å²) in [5.74, 6) is 1.70. The number of aromatic nitrogens is 2. The number of nitrogens with zero attached hydrogens (tertiary/aromatic N) is 2. The lowest BCUT2D eigenvalue weighted by molar-refractivity contribution is 0.0948. The van der Waals surface area contributed by atoms with Gasteiger partial charge in [0.05, 0.1) is 12.8 Å². The van der Waals surface area contributed by atoms with E-state index < -0.39 is 0 Å². The van der Waals surface area contributed by atoms with Gasteiger partial charge in [0.2, 0.25) is 0 Å². The van der Waals surface area contributed by atoms with Crippen LogP contribution in [0.15, 0.2) is 59.2 Å². The highest BCUT2D eigenvalue weighted by Crippen LogP contribution is 2.18. The lowest BCUT2D eigenvalue weighted by atomic mass is 10.2. The summed E-state index contributed by atoms with van der Waals surface area (Å²) < 4.78 is 5.34. The molecular formula is C21H24N4O2. The molecule has 1 amide bonds. The fourth-order valence-electron chi connectivity index (χ4n) is 2.63. The number of furan rings is 1. The second kappa shape index (κ2) is 9.52. The van der Waals surface area contributed by atoms with Gasteiger partial charge in [-0.3, -0.25) is 4.79 Å². The van der Waals surface area contributed by atoms with E-state index in [1.165, 1.54) is 0 Å². The summed E-state index contributed by atoms with van der Waals surface area (Å²) in [5.41, 5.74) is 1.21. The van der Waals surface area contributed by atoms with Gasteiger partial charge in [-0.25, -0.2) is 9.97 Å². The number of rotatable bonds is 9. The predicted molar refractivity (Wildman–Crippen MR) is 105 cm³/mol. The summed E-state index contributed by atoms with van der Waals surface area (Å²) in [5, 5.41) is 6.14. The van der Waals surface area contributed by atoms with Gasteiger partial charge >= 0.3 is 0 Å². The first-order chi connectivity index (χ1) is 13.3. The molecule has 2 aromatic heterocycles. The minimum absolute atomic E-state index is 0.188. The van der Waals surface area contributed by atoms with Gasteiger partial charge in [0.15, 0.2) is 5.82 Å². The topological polar surface area (TPSA) is 80.0 Å². The summed E-state index contributed by atoms with van der Waals surface area (Å²) in [6.07, 6.45) is 4.79. The van der Waals surface area contributed by atoms with Crippen LogP contribution < -0.4 is 10.6 Å². The van der Waals surface area contributed by atoms with Crippen molar-refractivity contribution in [3.05, 3.63) is 66.2 Å². The summed E-state index contributed by atoms with van der Waals surface area (Å²) in [7, 11) is 0. The maximum Gasteiger partial charge on any atom is 0.270 e. The Morgan fingerprint density at radius 2 is 1.93 bits per heavy atom. The van der Waals surface area contributed by atoms with Gasteiger partial charge in [0, 0.05) is 18.2 Å². The summed E-state index contributed by atoms with van der Waals surface area (Å²) in [4.78, 5) is 21.5. The third-order valence-electron chi connectivity index (χ3n) is 4.08. The lowest BCUT2D eigenvalue weighted by Crippen LogP contribution is -2.26. The Balaban J connectivity index is 1.80. The summed E-state index contributed by atoms with van der Waals surface area (Å²) in [6.45, 7) is 3.26. The van der Waals surface area contributed by atoms with E-state index in [0.717, 1.165) is 30.6 Å². The molecule has 0 radical (unpaired) electrons. The van der Waals surface area contributed by atoms with E-state index in [1.807, 2.05) is 42.5 Å². The van der Waals surface area contributed by atoms with E-state index >= 15 is 0 Å². The maximum atomic E-state index is 12.5. The second-order valence-corrected chi connectivity index (χ2v) is 6.22. The first-order valence-electron chi connectivity index (χ1n) is 9.25. The monoisotopic (exact) mass is 364 g/mol. The van der Waals surface area contributed by atoms with Crippen LogP contribution in [0, 0.1) is 0 Å². The molecule has 0 aliphatic rings. The molecule has 0 saturated carbocycles. The van der Waals surface area contributed by atoms with Gasteiger partial charge in [-0.1, -0.05) is 50.1 Å². The van der Waals surface area contributed by atoms with Crippen molar-refractivity contribution in [2.45, 2.75) is 32.7 Å². The van der Waals surface area contributed by atoms with Gasteiger partial charge < -0.3 is 15.1 Å². The molecule has 0 unspecified atom stereocenters. The number of amides is 1. The first kappa shape index (κ1) is 18.6. The molecule has 0 aliphatic heterocycles. The number of benzene rings is 1. The fourth-order valence-corrected chi connectivity index (χ4v) is 2.63. The van der Waals surface area contributed by atoms with Crippen molar-refractivity contribution in [1.82, 2.24) is 15.3 Å². The molecule has 2 N–H and O–H groups in total. The van der Waals surface area contributed by atoms with Crippen LogP contribution in [0.3, 0.4) is 0 Å². The van der Waals surface area contributed by atoms with Crippen LogP contribution in [0.5, 0.6) is 0 Å². The number of carbonyl (C=O) groups is 1. The normalized spacial score (nSPS) is 10.6. The molecule has 3 rings (SSSR count). The molecule has 140 valence electrons. The number of anilines is 1. The first-order valence-corrected chi connectivity index (χ1v) is 9.25. The van der Waals surface area contributed by atoms with Crippen LogP contribution in [0.1, 0.15) is 42.4 Å². The molecule has 6 nitrogen and oxygen atoms in total. The molecule has 2 heterocycles. The molecular weight excluding hydrogens is 340 g/mol. The standard InChI is InChI=1S/C21H24N4O2/c1-2-3-7-12-22-21(26)18-14-19(23-15-17-11-8-13-27-17)25-20(24-18)16-9-5-4-6-10-16/h4-6,8-11,13-14H,2-3,7,12,15H2,1H3,(H,22,26)(H,23,24,25). The SMILES string of the molecule is CCCCCNC(=O)c1cc(NCc2ccco2)nc(-c2ccccc2)n1. The highest BCUT2D eigenvalue weighted by Gasteiger charge is 2.13. The van der Waals surface area contributed by atoms with Gasteiger partial charge in [-0.05, 0) is 18.6 Å². The summed E-state index contributed by atoms with van der Waals surface area (Å²) in [6, 6.07) is 15.0. The van der Waals surface area contributed by atoms with E-state index in [4.69, 9.17) is 4.42 Å². The second-order valence-electron chi connectivity index (χ2n) is 6.22. The smallest absolute Gasteiger partial charge is 0.270 e. The zero-order valence-corrected chi connectivity index (χ0v) is 15.4. The zero-order valence-electron chi connectivity index (χ0n) is 15.4. The molecule has 0 aliphatic carbocycles. The van der Waals surface area contributed by atoms with Crippen LogP contribution in [0.4, 0.5) is 5.82 Å².